The number of rotatable bonds is 4. The highest BCUT2D eigenvalue weighted by molar-refractivity contribution is 6.12. The Balaban J connectivity index is 2.32. The number of nitrogens with one attached hydrogen (secondary N) is 1. The molecule has 0 aliphatic heterocycles. The number of aromatic nitrogens is 2. The Hall–Kier alpha value is -2.40. The van der Waals surface area contributed by atoms with Gasteiger partial charge in [-0.15, -0.1) is 0 Å². The van der Waals surface area contributed by atoms with Gasteiger partial charge in [-0.3, -0.25) is 0 Å². The van der Waals surface area contributed by atoms with Crippen molar-refractivity contribution < 1.29 is 14.3 Å². The van der Waals surface area contributed by atoms with Crippen LogP contribution in [0.25, 0.3) is 21.8 Å². The van der Waals surface area contributed by atoms with Gasteiger partial charge < -0.3 is 14.5 Å². The second-order valence-electron chi connectivity index (χ2n) is 5.14. The Kier molecular flexibility index (Phi) is 3.81. The second kappa shape index (κ2) is 5.77. The van der Waals surface area contributed by atoms with E-state index in [0.29, 0.717) is 18.9 Å². The fourth-order valence-corrected chi connectivity index (χ4v) is 2.85. The molecular formula is C17H18N2O3. The molecule has 0 radical (unpaired) electrons. The molecule has 2 aromatic heterocycles. The van der Waals surface area contributed by atoms with Crippen molar-refractivity contribution in [1.29, 1.82) is 0 Å². The van der Waals surface area contributed by atoms with E-state index in [1.807, 2.05) is 25.1 Å². The second-order valence-corrected chi connectivity index (χ2v) is 5.14. The van der Waals surface area contributed by atoms with Gasteiger partial charge in [0.05, 0.1) is 24.9 Å². The van der Waals surface area contributed by atoms with Crippen molar-refractivity contribution in [2.45, 2.75) is 20.5 Å². The average molecular weight is 298 g/mol. The number of fused-ring (bicyclic) bond motifs is 3. The van der Waals surface area contributed by atoms with Crippen molar-refractivity contribution in [2.24, 2.45) is 0 Å². The molecule has 0 fully saturated rings. The standard InChI is InChI=1S/C17H18N2O3/c1-4-22-17(20)16-10(2)14-13(8-18-16)19-12-7-5-6-11(9-21-3)15(12)14/h5-8,19H,4,9H2,1-3H3. The van der Waals surface area contributed by atoms with Gasteiger partial charge in [-0.05, 0) is 31.0 Å². The lowest BCUT2D eigenvalue weighted by molar-refractivity contribution is 0.0519. The zero-order chi connectivity index (χ0) is 15.7. The third-order valence-electron chi connectivity index (χ3n) is 3.76. The summed E-state index contributed by atoms with van der Waals surface area (Å²) in [6.45, 7) is 4.54. The highest BCUT2D eigenvalue weighted by Gasteiger charge is 2.18. The van der Waals surface area contributed by atoms with E-state index in [4.69, 9.17) is 9.47 Å². The van der Waals surface area contributed by atoms with Crippen LogP contribution in [0.1, 0.15) is 28.5 Å². The minimum absolute atomic E-state index is 0.334. The lowest BCUT2D eigenvalue weighted by Gasteiger charge is -2.07. The monoisotopic (exact) mass is 298 g/mol. The Morgan fingerprint density at radius 3 is 2.82 bits per heavy atom. The molecule has 0 bridgehead atoms. The quantitative estimate of drug-likeness (QED) is 0.750. The molecule has 0 atom stereocenters. The maximum atomic E-state index is 12.1. The molecule has 0 unspecified atom stereocenters. The van der Waals surface area contributed by atoms with Gasteiger partial charge in [0.15, 0.2) is 5.69 Å². The first-order valence-corrected chi connectivity index (χ1v) is 7.22. The van der Waals surface area contributed by atoms with Crippen LogP contribution in [0, 0.1) is 6.92 Å². The topological polar surface area (TPSA) is 64.2 Å². The summed E-state index contributed by atoms with van der Waals surface area (Å²) >= 11 is 0. The van der Waals surface area contributed by atoms with E-state index in [2.05, 4.69) is 9.97 Å². The van der Waals surface area contributed by atoms with Crippen LogP contribution in [-0.4, -0.2) is 29.7 Å². The van der Waals surface area contributed by atoms with E-state index in [1.165, 1.54) is 0 Å². The third kappa shape index (κ3) is 2.23. The lowest BCUT2D eigenvalue weighted by Crippen LogP contribution is -2.09. The van der Waals surface area contributed by atoms with Crippen LogP contribution in [-0.2, 0) is 16.1 Å². The molecule has 0 saturated heterocycles. The zero-order valence-electron chi connectivity index (χ0n) is 12.9. The predicted molar refractivity (Wildman–Crippen MR) is 85.0 cm³/mol. The molecule has 3 rings (SSSR count). The van der Waals surface area contributed by atoms with Gasteiger partial charge >= 0.3 is 5.97 Å². The van der Waals surface area contributed by atoms with E-state index in [-0.39, 0.29) is 5.97 Å². The van der Waals surface area contributed by atoms with Gasteiger partial charge in [0.25, 0.3) is 0 Å². The molecule has 0 saturated carbocycles. The predicted octanol–water partition coefficient (Wildman–Crippen LogP) is 3.35. The largest absolute Gasteiger partial charge is 0.461 e. The first-order valence-electron chi connectivity index (χ1n) is 7.22. The fourth-order valence-electron chi connectivity index (χ4n) is 2.85. The Morgan fingerprint density at radius 2 is 2.09 bits per heavy atom. The number of benzene rings is 1. The molecule has 1 N–H and O–H groups in total. The summed E-state index contributed by atoms with van der Waals surface area (Å²) in [4.78, 5) is 19.7. The number of methoxy groups -OCH3 is 1. The summed E-state index contributed by atoms with van der Waals surface area (Å²) in [5, 5.41) is 2.07. The molecule has 0 aliphatic carbocycles. The summed E-state index contributed by atoms with van der Waals surface area (Å²) in [7, 11) is 1.67. The number of aromatic amines is 1. The maximum absolute atomic E-state index is 12.1. The Morgan fingerprint density at radius 1 is 1.27 bits per heavy atom. The molecule has 5 nitrogen and oxygen atoms in total. The Bertz CT molecular complexity index is 852. The van der Waals surface area contributed by atoms with Gasteiger partial charge in [0, 0.05) is 23.4 Å². The van der Waals surface area contributed by atoms with Crippen molar-refractivity contribution in [3.63, 3.8) is 0 Å². The number of nitrogens with zero attached hydrogens (tertiary/aromatic N) is 1. The van der Waals surface area contributed by atoms with Crippen LogP contribution in [0.15, 0.2) is 24.4 Å². The van der Waals surface area contributed by atoms with Crippen LogP contribution < -0.4 is 0 Å². The first kappa shape index (κ1) is 14.5. The van der Waals surface area contributed by atoms with Gasteiger partial charge in [-0.2, -0.15) is 0 Å². The molecule has 3 aromatic rings. The van der Waals surface area contributed by atoms with E-state index in [1.54, 1.807) is 20.2 Å². The molecule has 0 aliphatic rings. The molecule has 22 heavy (non-hydrogen) atoms. The highest BCUT2D eigenvalue weighted by Crippen LogP contribution is 2.32. The number of aryl methyl sites for hydroxylation is 1. The van der Waals surface area contributed by atoms with Crippen molar-refractivity contribution in [2.75, 3.05) is 13.7 Å². The smallest absolute Gasteiger partial charge is 0.357 e. The van der Waals surface area contributed by atoms with Gasteiger partial charge in [-0.1, -0.05) is 12.1 Å². The minimum Gasteiger partial charge on any atom is -0.461 e. The normalized spacial score (nSPS) is 11.2. The molecule has 114 valence electrons. The zero-order valence-corrected chi connectivity index (χ0v) is 12.9. The summed E-state index contributed by atoms with van der Waals surface area (Å²) in [5.41, 5.74) is 4.18. The SMILES string of the molecule is CCOC(=O)c1ncc2[nH]c3cccc(COC)c3c2c1C. The third-order valence-corrected chi connectivity index (χ3v) is 3.76. The lowest BCUT2D eigenvalue weighted by atomic mass is 10.0. The first-order chi connectivity index (χ1) is 10.7. The molecule has 0 spiro atoms. The van der Waals surface area contributed by atoms with Gasteiger partial charge in [-0.25, -0.2) is 9.78 Å². The van der Waals surface area contributed by atoms with Crippen molar-refractivity contribution in [3.05, 3.63) is 41.2 Å². The number of hydrogen-bond acceptors (Lipinski definition) is 4. The van der Waals surface area contributed by atoms with E-state index in [9.17, 15) is 4.79 Å². The molecular weight excluding hydrogens is 280 g/mol. The minimum atomic E-state index is -0.388. The van der Waals surface area contributed by atoms with E-state index < -0.39 is 0 Å². The molecule has 5 heteroatoms. The number of carbonyl (C=O) groups excluding carboxylic acids is 1. The summed E-state index contributed by atoms with van der Waals surface area (Å²) in [5.74, 6) is -0.388. The van der Waals surface area contributed by atoms with Crippen LogP contribution in [0.2, 0.25) is 0 Å². The van der Waals surface area contributed by atoms with Crippen LogP contribution in [0.4, 0.5) is 0 Å². The summed E-state index contributed by atoms with van der Waals surface area (Å²) in [6, 6.07) is 6.03. The maximum Gasteiger partial charge on any atom is 0.357 e. The molecule has 1 aromatic carbocycles. The highest BCUT2D eigenvalue weighted by atomic mass is 16.5. The van der Waals surface area contributed by atoms with Crippen molar-refractivity contribution in [1.82, 2.24) is 9.97 Å². The van der Waals surface area contributed by atoms with E-state index >= 15 is 0 Å². The number of ether oxygens (including phenoxy) is 2. The fraction of sp³-hybridized carbons (Fsp3) is 0.294. The number of pyridine rings is 1. The van der Waals surface area contributed by atoms with Gasteiger partial charge in [0.1, 0.15) is 0 Å². The molecule has 2 heterocycles. The van der Waals surface area contributed by atoms with Crippen LogP contribution in [0.5, 0.6) is 0 Å². The van der Waals surface area contributed by atoms with Crippen molar-refractivity contribution in [3.8, 4) is 0 Å². The van der Waals surface area contributed by atoms with Crippen molar-refractivity contribution >= 4 is 27.8 Å². The van der Waals surface area contributed by atoms with Gasteiger partial charge in [0.2, 0.25) is 0 Å². The van der Waals surface area contributed by atoms with Crippen LogP contribution in [0.3, 0.4) is 0 Å². The number of esters is 1. The molecule has 0 amide bonds. The van der Waals surface area contributed by atoms with Crippen LogP contribution >= 0.6 is 0 Å². The number of carbonyl (C=O) groups is 1. The Labute approximate surface area is 128 Å². The number of hydrogen-bond donors (Lipinski definition) is 1. The summed E-state index contributed by atoms with van der Waals surface area (Å²) < 4.78 is 10.4. The average Bonchev–Trinajstić information content (AvgIpc) is 2.88. The van der Waals surface area contributed by atoms with E-state index in [0.717, 1.165) is 32.9 Å². The number of H-pyrrole nitrogens is 1. The summed E-state index contributed by atoms with van der Waals surface area (Å²) in [6.07, 6.45) is 1.69.